The fourth-order valence-electron chi connectivity index (χ4n) is 4.03. The van der Waals surface area contributed by atoms with Gasteiger partial charge in [-0.2, -0.15) is 0 Å². The molecule has 156 valence electrons. The normalized spacial score (nSPS) is 14.4. The molecule has 0 unspecified atom stereocenters. The highest BCUT2D eigenvalue weighted by Crippen LogP contribution is 2.39. The smallest absolute Gasteiger partial charge is 0.340 e. The number of rotatable bonds is 6. The molecular weight excluding hydrogens is 386 g/mol. The van der Waals surface area contributed by atoms with Crippen molar-refractivity contribution in [3.05, 3.63) is 107 Å². The number of esters is 1. The first-order valence-corrected chi connectivity index (χ1v) is 10.5. The van der Waals surface area contributed by atoms with E-state index in [2.05, 4.69) is 6.92 Å². The van der Waals surface area contributed by atoms with Crippen molar-refractivity contribution in [1.29, 1.82) is 0 Å². The van der Waals surface area contributed by atoms with Crippen molar-refractivity contribution in [3.63, 3.8) is 0 Å². The average Bonchev–Trinajstić information content (AvgIpc) is 3.08. The van der Waals surface area contributed by atoms with Gasteiger partial charge in [-0.25, -0.2) is 4.79 Å². The van der Waals surface area contributed by atoms with Crippen molar-refractivity contribution in [3.8, 4) is 0 Å². The quantitative estimate of drug-likeness (QED) is 0.406. The molecule has 4 nitrogen and oxygen atoms in total. The van der Waals surface area contributed by atoms with Crippen LogP contribution in [0.2, 0.25) is 0 Å². The van der Waals surface area contributed by atoms with Gasteiger partial charge in [0.2, 0.25) is 0 Å². The van der Waals surface area contributed by atoms with E-state index in [0.717, 1.165) is 29.5 Å². The van der Waals surface area contributed by atoms with E-state index in [1.807, 2.05) is 78.9 Å². The number of carbonyl (C=O) groups excluding carboxylic acids is 2. The molecule has 0 bridgehead atoms. The topological polar surface area (TPSA) is 46.6 Å². The van der Waals surface area contributed by atoms with E-state index in [0.29, 0.717) is 23.4 Å². The van der Waals surface area contributed by atoms with Crippen LogP contribution in [0, 0.1) is 0 Å². The van der Waals surface area contributed by atoms with Gasteiger partial charge >= 0.3 is 5.97 Å². The number of carbonyl (C=O) groups is 2. The van der Waals surface area contributed by atoms with Gasteiger partial charge in [-0.15, -0.1) is 0 Å². The molecule has 4 heteroatoms. The molecular formula is C27H25NO3. The number of amides is 1. The molecule has 0 atom stereocenters. The van der Waals surface area contributed by atoms with Gasteiger partial charge in [0.15, 0.2) is 0 Å². The monoisotopic (exact) mass is 411 g/mol. The van der Waals surface area contributed by atoms with Crippen LogP contribution in [0.5, 0.6) is 0 Å². The van der Waals surface area contributed by atoms with Gasteiger partial charge in [-0.3, -0.25) is 4.79 Å². The largest absolute Gasteiger partial charge is 0.465 e. The third kappa shape index (κ3) is 4.02. The summed E-state index contributed by atoms with van der Waals surface area (Å²) in [7, 11) is 1.37. The summed E-state index contributed by atoms with van der Waals surface area (Å²) in [5, 5.41) is 0. The summed E-state index contributed by atoms with van der Waals surface area (Å²) in [6, 6.07) is 25.2. The lowest BCUT2D eigenvalue weighted by atomic mass is 9.97. The summed E-state index contributed by atoms with van der Waals surface area (Å²) in [5.74, 6) is -0.570. The SMILES string of the molecule is CCCc1ccc(/C(C(=O)OC)=C2/c3ccccc3C(=O)N2Cc2ccccc2)cc1. The Morgan fingerprint density at radius 3 is 2.13 bits per heavy atom. The molecule has 0 spiro atoms. The minimum atomic E-state index is -0.458. The first-order valence-electron chi connectivity index (χ1n) is 10.5. The van der Waals surface area contributed by atoms with E-state index >= 15 is 0 Å². The summed E-state index contributed by atoms with van der Waals surface area (Å²) in [6.07, 6.45) is 2.03. The Morgan fingerprint density at radius 1 is 0.839 bits per heavy atom. The number of fused-ring (bicyclic) bond motifs is 1. The molecule has 1 aliphatic rings. The molecule has 1 amide bonds. The Hall–Kier alpha value is -3.66. The van der Waals surface area contributed by atoms with Crippen molar-refractivity contribution in [2.75, 3.05) is 7.11 Å². The first kappa shape index (κ1) is 20.6. The standard InChI is InChI=1S/C27H25NO3/c1-3-9-19-14-16-21(17-15-19)24(27(30)31-2)25-22-12-7-8-13-23(22)26(29)28(25)18-20-10-5-4-6-11-20/h4-8,10-17H,3,9,18H2,1-2H3/b25-24+. The van der Waals surface area contributed by atoms with E-state index in [1.165, 1.54) is 12.7 Å². The fraction of sp³-hybridized carbons (Fsp3) is 0.185. The van der Waals surface area contributed by atoms with Gasteiger partial charge in [0.05, 0.1) is 24.9 Å². The average molecular weight is 412 g/mol. The summed E-state index contributed by atoms with van der Waals surface area (Å²) in [6.45, 7) is 2.51. The molecule has 1 heterocycles. The fourth-order valence-corrected chi connectivity index (χ4v) is 4.03. The summed E-state index contributed by atoms with van der Waals surface area (Å²) in [5.41, 5.74) is 5.29. The molecule has 0 aliphatic carbocycles. The zero-order valence-electron chi connectivity index (χ0n) is 17.8. The van der Waals surface area contributed by atoms with E-state index in [9.17, 15) is 9.59 Å². The Morgan fingerprint density at radius 2 is 1.48 bits per heavy atom. The zero-order chi connectivity index (χ0) is 21.8. The number of nitrogens with zero attached hydrogens (tertiary/aromatic N) is 1. The maximum atomic E-state index is 13.3. The van der Waals surface area contributed by atoms with E-state index in [-0.39, 0.29) is 5.91 Å². The van der Waals surface area contributed by atoms with Crippen molar-refractivity contribution < 1.29 is 14.3 Å². The molecule has 0 radical (unpaired) electrons. The van der Waals surface area contributed by atoms with Gasteiger partial charge in [0.1, 0.15) is 0 Å². The number of methoxy groups -OCH3 is 1. The van der Waals surface area contributed by atoms with Crippen LogP contribution in [0.25, 0.3) is 11.3 Å². The highest BCUT2D eigenvalue weighted by atomic mass is 16.5. The molecule has 0 aromatic heterocycles. The van der Waals surface area contributed by atoms with Crippen LogP contribution in [0.1, 0.15) is 46.0 Å². The molecule has 0 N–H and O–H groups in total. The van der Waals surface area contributed by atoms with E-state index in [4.69, 9.17) is 4.74 Å². The lowest BCUT2D eigenvalue weighted by molar-refractivity contribution is -0.133. The van der Waals surface area contributed by atoms with Crippen LogP contribution >= 0.6 is 0 Å². The molecule has 1 aliphatic heterocycles. The van der Waals surface area contributed by atoms with Crippen molar-refractivity contribution in [2.45, 2.75) is 26.3 Å². The predicted octanol–water partition coefficient (Wildman–Crippen LogP) is 5.34. The number of aryl methyl sites for hydroxylation is 1. The van der Waals surface area contributed by atoms with Crippen LogP contribution in [0.4, 0.5) is 0 Å². The molecule has 0 saturated carbocycles. The first-order chi connectivity index (χ1) is 15.1. The van der Waals surface area contributed by atoms with Crippen LogP contribution < -0.4 is 0 Å². The summed E-state index contributed by atoms with van der Waals surface area (Å²) >= 11 is 0. The second-order valence-electron chi connectivity index (χ2n) is 7.58. The second kappa shape index (κ2) is 9.00. The maximum Gasteiger partial charge on any atom is 0.340 e. The number of benzene rings is 3. The lowest BCUT2D eigenvalue weighted by Gasteiger charge is -2.22. The van der Waals surface area contributed by atoms with E-state index in [1.54, 1.807) is 4.90 Å². The third-order valence-corrected chi connectivity index (χ3v) is 5.52. The van der Waals surface area contributed by atoms with E-state index < -0.39 is 5.97 Å². The number of hydrogen-bond donors (Lipinski definition) is 0. The van der Waals surface area contributed by atoms with Crippen LogP contribution in [0.15, 0.2) is 78.9 Å². The Balaban J connectivity index is 1.91. The molecule has 3 aromatic rings. The molecule has 31 heavy (non-hydrogen) atoms. The minimum Gasteiger partial charge on any atom is -0.465 e. The second-order valence-corrected chi connectivity index (χ2v) is 7.58. The Bertz CT molecular complexity index is 1130. The molecule has 4 rings (SSSR count). The predicted molar refractivity (Wildman–Crippen MR) is 122 cm³/mol. The zero-order valence-corrected chi connectivity index (χ0v) is 17.8. The van der Waals surface area contributed by atoms with Crippen molar-refractivity contribution in [1.82, 2.24) is 4.90 Å². The van der Waals surface area contributed by atoms with Crippen LogP contribution in [-0.2, 0) is 22.5 Å². The third-order valence-electron chi connectivity index (χ3n) is 5.52. The van der Waals surface area contributed by atoms with Gasteiger partial charge in [0, 0.05) is 11.1 Å². The van der Waals surface area contributed by atoms with Gasteiger partial charge < -0.3 is 9.64 Å². The van der Waals surface area contributed by atoms with Crippen LogP contribution in [0.3, 0.4) is 0 Å². The summed E-state index contributed by atoms with van der Waals surface area (Å²) < 4.78 is 5.17. The lowest BCUT2D eigenvalue weighted by Crippen LogP contribution is -2.24. The maximum absolute atomic E-state index is 13.3. The Labute approximate surface area is 182 Å². The Kier molecular flexibility index (Phi) is 5.99. The van der Waals surface area contributed by atoms with Gasteiger partial charge in [0.25, 0.3) is 5.91 Å². The number of hydrogen-bond acceptors (Lipinski definition) is 3. The van der Waals surface area contributed by atoms with Crippen molar-refractivity contribution in [2.24, 2.45) is 0 Å². The molecule has 0 fully saturated rings. The highest BCUT2D eigenvalue weighted by molar-refractivity contribution is 6.28. The van der Waals surface area contributed by atoms with Crippen LogP contribution in [-0.4, -0.2) is 23.9 Å². The van der Waals surface area contributed by atoms with Crippen molar-refractivity contribution >= 4 is 23.1 Å². The highest BCUT2D eigenvalue weighted by Gasteiger charge is 2.36. The summed E-state index contributed by atoms with van der Waals surface area (Å²) in [4.78, 5) is 28.0. The molecule has 0 saturated heterocycles. The van der Waals surface area contributed by atoms with Gasteiger partial charge in [-0.1, -0.05) is 86.1 Å². The number of ether oxygens (including phenoxy) is 1. The minimum absolute atomic E-state index is 0.113. The van der Waals surface area contributed by atoms with Gasteiger partial charge in [-0.05, 0) is 29.2 Å². The molecule has 3 aromatic carbocycles.